The molecule has 0 radical (unpaired) electrons. The molecule has 2 aliphatic heterocycles. The molecule has 128 valence electrons. The van der Waals surface area contributed by atoms with Crippen molar-refractivity contribution in [3.05, 3.63) is 48.0 Å². The van der Waals surface area contributed by atoms with Crippen LogP contribution in [-0.2, 0) is 9.53 Å². The standard InChI is InChI=1S/C19H18N2O2S2/c1-2-23-19(22)16-11-25-18(21-16)15-10-24-17(20-15)14-8-7-12-5-3-4-6-13(12)9-14/h3-9,15-16H,2,10-11H2,1H3/t15-,16-/m0/s1. The van der Waals surface area contributed by atoms with Gasteiger partial charge in [0.05, 0.1) is 16.7 Å². The van der Waals surface area contributed by atoms with E-state index in [1.165, 1.54) is 10.8 Å². The number of esters is 1. The molecule has 0 bridgehead atoms. The van der Waals surface area contributed by atoms with E-state index in [9.17, 15) is 4.79 Å². The number of hydrogen-bond donors (Lipinski definition) is 0. The number of fused-ring (bicyclic) bond motifs is 1. The predicted molar refractivity (Wildman–Crippen MR) is 107 cm³/mol. The van der Waals surface area contributed by atoms with Gasteiger partial charge in [-0.05, 0) is 23.8 Å². The van der Waals surface area contributed by atoms with Gasteiger partial charge in [-0.25, -0.2) is 4.79 Å². The van der Waals surface area contributed by atoms with Crippen molar-refractivity contribution in [2.75, 3.05) is 18.1 Å². The summed E-state index contributed by atoms with van der Waals surface area (Å²) in [5, 5.41) is 4.47. The van der Waals surface area contributed by atoms with Crippen LogP contribution in [0.1, 0.15) is 12.5 Å². The third kappa shape index (κ3) is 3.46. The number of rotatable bonds is 4. The van der Waals surface area contributed by atoms with Crippen LogP contribution in [0.4, 0.5) is 0 Å². The van der Waals surface area contributed by atoms with Gasteiger partial charge in [0.1, 0.15) is 6.04 Å². The summed E-state index contributed by atoms with van der Waals surface area (Å²) in [5.41, 5.74) is 1.15. The van der Waals surface area contributed by atoms with E-state index in [1.54, 1.807) is 23.5 Å². The van der Waals surface area contributed by atoms with Crippen molar-refractivity contribution in [3.63, 3.8) is 0 Å². The van der Waals surface area contributed by atoms with E-state index in [0.29, 0.717) is 12.4 Å². The zero-order valence-corrected chi connectivity index (χ0v) is 15.5. The summed E-state index contributed by atoms with van der Waals surface area (Å²) < 4.78 is 5.07. The molecule has 2 atom stereocenters. The average molecular weight is 370 g/mol. The van der Waals surface area contributed by atoms with E-state index >= 15 is 0 Å². The molecule has 0 N–H and O–H groups in total. The Labute approximate surface area is 155 Å². The molecular weight excluding hydrogens is 352 g/mol. The lowest BCUT2D eigenvalue weighted by Crippen LogP contribution is -2.21. The van der Waals surface area contributed by atoms with Gasteiger partial charge in [0, 0.05) is 17.1 Å². The number of hydrogen-bond acceptors (Lipinski definition) is 6. The largest absolute Gasteiger partial charge is 0.464 e. The number of carbonyl (C=O) groups excluding carboxylic acids is 1. The van der Waals surface area contributed by atoms with Crippen LogP contribution in [-0.4, -0.2) is 46.3 Å². The Hall–Kier alpha value is -1.79. The smallest absolute Gasteiger partial charge is 0.331 e. The summed E-state index contributed by atoms with van der Waals surface area (Å²) in [6, 6.07) is 14.5. The Morgan fingerprint density at radius 1 is 1.12 bits per heavy atom. The zero-order valence-electron chi connectivity index (χ0n) is 13.8. The highest BCUT2D eigenvalue weighted by molar-refractivity contribution is 8.16. The second-order valence-corrected chi connectivity index (χ2v) is 7.92. The van der Waals surface area contributed by atoms with Gasteiger partial charge in [0.15, 0.2) is 6.04 Å². The molecule has 0 spiro atoms. The average Bonchev–Trinajstić information content (AvgIpc) is 3.31. The SMILES string of the molecule is CCOC(=O)[C@@H]1CSC([C@@H]2CSC(c3ccc4ccccc4c3)=N2)=N1. The molecule has 2 aromatic rings. The first-order valence-electron chi connectivity index (χ1n) is 8.31. The third-order valence-corrected chi connectivity index (χ3v) is 6.42. The van der Waals surface area contributed by atoms with E-state index < -0.39 is 0 Å². The van der Waals surface area contributed by atoms with Gasteiger partial charge < -0.3 is 4.74 Å². The van der Waals surface area contributed by atoms with Crippen LogP contribution in [0, 0.1) is 0 Å². The van der Waals surface area contributed by atoms with E-state index in [-0.39, 0.29) is 18.1 Å². The number of aliphatic imine (C=N–C) groups is 2. The topological polar surface area (TPSA) is 51.0 Å². The number of carbonyl (C=O) groups is 1. The number of nitrogens with zero attached hydrogens (tertiary/aromatic N) is 2. The van der Waals surface area contributed by atoms with Crippen LogP contribution >= 0.6 is 23.5 Å². The molecule has 4 nitrogen and oxygen atoms in total. The summed E-state index contributed by atoms with van der Waals surface area (Å²) in [6.45, 7) is 2.22. The lowest BCUT2D eigenvalue weighted by Gasteiger charge is -2.04. The molecule has 0 unspecified atom stereocenters. The number of ether oxygens (including phenoxy) is 1. The molecule has 6 heteroatoms. The highest BCUT2D eigenvalue weighted by atomic mass is 32.2. The lowest BCUT2D eigenvalue weighted by atomic mass is 10.1. The highest BCUT2D eigenvalue weighted by Crippen LogP contribution is 2.31. The summed E-state index contributed by atoms with van der Waals surface area (Å²) in [6.07, 6.45) is 0. The van der Waals surface area contributed by atoms with Crippen LogP contribution in [0.15, 0.2) is 52.4 Å². The molecule has 2 aliphatic rings. The first-order chi connectivity index (χ1) is 12.2. The second kappa shape index (κ2) is 7.22. The van der Waals surface area contributed by atoms with Gasteiger partial charge in [0.25, 0.3) is 0 Å². The van der Waals surface area contributed by atoms with Gasteiger partial charge in [-0.2, -0.15) is 0 Å². The normalized spacial score (nSPS) is 22.8. The number of thioether (sulfide) groups is 2. The van der Waals surface area contributed by atoms with Gasteiger partial charge in [0.2, 0.25) is 0 Å². The van der Waals surface area contributed by atoms with Crippen molar-refractivity contribution in [1.82, 2.24) is 0 Å². The van der Waals surface area contributed by atoms with Gasteiger partial charge in [-0.15, -0.1) is 23.5 Å². The summed E-state index contributed by atoms with van der Waals surface area (Å²) in [7, 11) is 0. The van der Waals surface area contributed by atoms with E-state index in [4.69, 9.17) is 9.73 Å². The Kier molecular flexibility index (Phi) is 4.81. The molecule has 25 heavy (non-hydrogen) atoms. The van der Waals surface area contributed by atoms with Crippen LogP contribution in [0.25, 0.3) is 10.8 Å². The quantitative estimate of drug-likeness (QED) is 0.769. The monoisotopic (exact) mass is 370 g/mol. The van der Waals surface area contributed by atoms with Crippen molar-refractivity contribution in [1.29, 1.82) is 0 Å². The molecule has 0 saturated heterocycles. The Morgan fingerprint density at radius 2 is 1.96 bits per heavy atom. The minimum absolute atomic E-state index is 0.0518. The molecule has 2 heterocycles. The fourth-order valence-electron chi connectivity index (χ4n) is 2.91. The maximum absolute atomic E-state index is 11.8. The van der Waals surface area contributed by atoms with Crippen molar-refractivity contribution in [3.8, 4) is 0 Å². The minimum Gasteiger partial charge on any atom is -0.464 e. The predicted octanol–water partition coefficient (Wildman–Crippen LogP) is 3.78. The van der Waals surface area contributed by atoms with Crippen LogP contribution in [0.5, 0.6) is 0 Å². The van der Waals surface area contributed by atoms with Crippen LogP contribution < -0.4 is 0 Å². The zero-order chi connectivity index (χ0) is 17.2. The number of benzene rings is 2. The van der Waals surface area contributed by atoms with Crippen molar-refractivity contribution in [2.45, 2.75) is 19.0 Å². The van der Waals surface area contributed by atoms with E-state index in [0.717, 1.165) is 21.4 Å². The van der Waals surface area contributed by atoms with Crippen molar-refractivity contribution < 1.29 is 9.53 Å². The molecular formula is C19H18N2O2S2. The molecule has 0 fully saturated rings. The summed E-state index contributed by atoms with van der Waals surface area (Å²) in [5.74, 6) is 1.31. The molecule has 0 aromatic heterocycles. The van der Waals surface area contributed by atoms with Crippen LogP contribution in [0.2, 0.25) is 0 Å². The van der Waals surface area contributed by atoms with E-state index in [1.807, 2.05) is 6.92 Å². The second-order valence-electron chi connectivity index (χ2n) is 5.87. The maximum atomic E-state index is 11.8. The van der Waals surface area contributed by atoms with Crippen molar-refractivity contribution in [2.24, 2.45) is 9.98 Å². The lowest BCUT2D eigenvalue weighted by molar-refractivity contribution is -0.143. The first-order valence-corrected chi connectivity index (χ1v) is 10.3. The molecule has 0 amide bonds. The van der Waals surface area contributed by atoms with E-state index in [2.05, 4.69) is 47.5 Å². The van der Waals surface area contributed by atoms with Crippen LogP contribution in [0.3, 0.4) is 0 Å². The first kappa shape index (κ1) is 16.7. The molecule has 0 saturated carbocycles. The maximum Gasteiger partial charge on any atom is 0.331 e. The third-order valence-electron chi connectivity index (χ3n) is 4.16. The fraction of sp³-hybridized carbons (Fsp3) is 0.316. The summed E-state index contributed by atoms with van der Waals surface area (Å²) >= 11 is 3.39. The Bertz CT molecular complexity index is 879. The highest BCUT2D eigenvalue weighted by Gasteiger charge is 2.32. The molecule has 2 aromatic carbocycles. The van der Waals surface area contributed by atoms with Crippen molar-refractivity contribution >= 4 is 50.4 Å². The Morgan fingerprint density at radius 3 is 2.80 bits per heavy atom. The Balaban J connectivity index is 1.53. The van der Waals surface area contributed by atoms with Gasteiger partial charge in [-0.3, -0.25) is 9.98 Å². The fourth-order valence-corrected chi connectivity index (χ4v) is 5.13. The molecule has 4 rings (SSSR count). The summed E-state index contributed by atoms with van der Waals surface area (Å²) in [4.78, 5) is 21.2. The molecule has 0 aliphatic carbocycles. The van der Waals surface area contributed by atoms with Gasteiger partial charge in [-0.1, -0.05) is 36.4 Å². The minimum atomic E-state index is -0.370. The van der Waals surface area contributed by atoms with Gasteiger partial charge >= 0.3 is 5.97 Å².